The Bertz CT molecular complexity index is 482. The molecule has 2 fully saturated rings. The van der Waals surface area contributed by atoms with Crippen LogP contribution in [0.3, 0.4) is 0 Å². The van der Waals surface area contributed by atoms with Gasteiger partial charge in [-0.05, 0) is 48.0 Å². The lowest BCUT2D eigenvalue weighted by Gasteiger charge is -2.40. The van der Waals surface area contributed by atoms with E-state index in [1.165, 1.54) is 24.8 Å². The molecule has 1 aromatic carbocycles. The summed E-state index contributed by atoms with van der Waals surface area (Å²) in [5, 5.41) is 3.80. The first-order valence-electron chi connectivity index (χ1n) is 8.46. The predicted molar refractivity (Wildman–Crippen MR) is 89.1 cm³/mol. The van der Waals surface area contributed by atoms with E-state index in [4.69, 9.17) is 5.73 Å². The van der Waals surface area contributed by atoms with E-state index in [-0.39, 0.29) is 6.04 Å². The Hall–Kier alpha value is -0.860. The van der Waals surface area contributed by atoms with Crippen molar-refractivity contribution in [3.8, 4) is 0 Å². The highest BCUT2D eigenvalue weighted by atomic mass is 15.0. The van der Waals surface area contributed by atoms with Crippen molar-refractivity contribution in [1.29, 1.82) is 0 Å². The molecule has 1 aromatic rings. The van der Waals surface area contributed by atoms with Crippen molar-refractivity contribution in [3.63, 3.8) is 0 Å². The summed E-state index contributed by atoms with van der Waals surface area (Å²) >= 11 is 0. The van der Waals surface area contributed by atoms with Gasteiger partial charge in [0.2, 0.25) is 0 Å². The number of nitrogens with one attached hydrogen (secondary N) is 1. The van der Waals surface area contributed by atoms with Crippen molar-refractivity contribution < 1.29 is 0 Å². The van der Waals surface area contributed by atoms with E-state index in [9.17, 15) is 0 Å². The van der Waals surface area contributed by atoms with Gasteiger partial charge in [-0.15, -0.1) is 0 Å². The molecule has 0 unspecified atom stereocenters. The van der Waals surface area contributed by atoms with Crippen LogP contribution in [0.4, 0.5) is 0 Å². The maximum Gasteiger partial charge on any atom is 0.0206 e. The molecule has 2 heteroatoms. The van der Waals surface area contributed by atoms with E-state index >= 15 is 0 Å². The zero-order valence-corrected chi connectivity index (χ0v) is 13.7. The van der Waals surface area contributed by atoms with Crippen LogP contribution in [0.1, 0.15) is 45.6 Å². The normalized spacial score (nSPS) is 35.0. The van der Waals surface area contributed by atoms with E-state index in [0.717, 1.165) is 18.9 Å². The van der Waals surface area contributed by atoms with Crippen LogP contribution in [0.25, 0.3) is 0 Å². The first kappa shape index (κ1) is 15.1. The Morgan fingerprint density at radius 1 is 1.24 bits per heavy atom. The molecule has 3 rings (SSSR count). The van der Waals surface area contributed by atoms with Gasteiger partial charge in [0.1, 0.15) is 0 Å². The fourth-order valence-corrected chi connectivity index (χ4v) is 4.80. The molecule has 2 bridgehead atoms. The zero-order chi connectivity index (χ0) is 15.1. The summed E-state index contributed by atoms with van der Waals surface area (Å²) in [6, 6.07) is 11.4. The van der Waals surface area contributed by atoms with Crippen LogP contribution >= 0.6 is 0 Å². The van der Waals surface area contributed by atoms with Crippen molar-refractivity contribution in [1.82, 2.24) is 5.32 Å². The van der Waals surface area contributed by atoms with Gasteiger partial charge in [0.05, 0.1) is 0 Å². The summed E-state index contributed by atoms with van der Waals surface area (Å²) in [6.45, 7) is 8.35. The minimum Gasteiger partial charge on any atom is -0.326 e. The van der Waals surface area contributed by atoms with Gasteiger partial charge in [-0.2, -0.15) is 0 Å². The molecule has 0 spiro atoms. The Balaban J connectivity index is 1.54. The van der Waals surface area contributed by atoms with E-state index in [0.29, 0.717) is 16.9 Å². The van der Waals surface area contributed by atoms with Crippen LogP contribution in [0, 0.1) is 16.7 Å². The lowest BCUT2D eigenvalue weighted by atomic mass is 9.69. The molecule has 21 heavy (non-hydrogen) atoms. The second kappa shape index (κ2) is 5.40. The molecule has 0 heterocycles. The molecule has 2 aliphatic carbocycles. The maximum absolute atomic E-state index is 6.33. The molecule has 116 valence electrons. The van der Waals surface area contributed by atoms with Crippen LogP contribution in [-0.4, -0.2) is 18.6 Å². The van der Waals surface area contributed by atoms with Gasteiger partial charge in [-0.1, -0.05) is 51.1 Å². The van der Waals surface area contributed by atoms with Gasteiger partial charge in [0.25, 0.3) is 0 Å². The van der Waals surface area contributed by atoms with Crippen LogP contribution in [-0.2, 0) is 6.42 Å². The fourth-order valence-electron chi connectivity index (χ4n) is 4.80. The Morgan fingerprint density at radius 3 is 2.52 bits per heavy atom. The molecule has 3 N–H and O–H groups in total. The number of benzene rings is 1. The highest BCUT2D eigenvalue weighted by Gasteiger charge is 2.60. The summed E-state index contributed by atoms with van der Waals surface area (Å²) in [5.41, 5.74) is 8.60. The average molecular weight is 286 g/mol. The van der Waals surface area contributed by atoms with Crippen LogP contribution in [0.2, 0.25) is 0 Å². The average Bonchev–Trinajstić information content (AvgIpc) is 2.79. The molecule has 2 nitrogen and oxygen atoms in total. The maximum atomic E-state index is 6.33. The van der Waals surface area contributed by atoms with Gasteiger partial charge < -0.3 is 11.1 Å². The number of rotatable bonds is 5. The summed E-state index contributed by atoms with van der Waals surface area (Å²) in [7, 11) is 0. The lowest BCUT2D eigenvalue weighted by molar-refractivity contribution is 0.120. The lowest BCUT2D eigenvalue weighted by Crippen LogP contribution is -2.48. The molecule has 2 aliphatic rings. The summed E-state index contributed by atoms with van der Waals surface area (Å²) < 4.78 is 0. The van der Waals surface area contributed by atoms with Crippen molar-refractivity contribution in [2.75, 3.05) is 6.54 Å². The van der Waals surface area contributed by atoms with E-state index in [1.807, 2.05) is 0 Å². The number of fused-ring (bicyclic) bond motifs is 2. The zero-order valence-electron chi connectivity index (χ0n) is 13.7. The van der Waals surface area contributed by atoms with Crippen molar-refractivity contribution >= 4 is 0 Å². The van der Waals surface area contributed by atoms with E-state index in [2.05, 4.69) is 56.4 Å². The van der Waals surface area contributed by atoms with Gasteiger partial charge >= 0.3 is 0 Å². The smallest absolute Gasteiger partial charge is 0.0206 e. The summed E-state index contributed by atoms with van der Waals surface area (Å²) in [5.74, 6) is 0.894. The topological polar surface area (TPSA) is 38.0 Å². The second-order valence-electron chi connectivity index (χ2n) is 8.02. The molecule has 0 aromatic heterocycles. The standard InChI is InChI=1S/C19H30N2/c1-18(2)15-9-10-19(18,3)17(12-15)21-13-16(20)11-14-7-5-4-6-8-14/h4-8,15-17,21H,9-13,20H2,1-3H3/t15-,16+,17-,19+/m1/s1. The Kier molecular flexibility index (Phi) is 3.87. The molecular formula is C19H30N2. The molecular weight excluding hydrogens is 256 g/mol. The predicted octanol–water partition coefficient (Wildman–Crippen LogP) is 3.36. The van der Waals surface area contributed by atoms with Gasteiger partial charge in [-0.3, -0.25) is 0 Å². The monoisotopic (exact) mass is 286 g/mol. The third kappa shape index (κ3) is 2.53. The van der Waals surface area contributed by atoms with Gasteiger partial charge in [0, 0.05) is 18.6 Å². The third-order valence-electron chi connectivity index (χ3n) is 6.76. The molecule has 0 amide bonds. The molecule has 0 aliphatic heterocycles. The highest BCUT2D eigenvalue weighted by Crippen LogP contribution is 2.65. The number of nitrogens with two attached hydrogens (primary N) is 1. The molecule has 2 saturated carbocycles. The van der Waals surface area contributed by atoms with Crippen molar-refractivity contribution in [2.24, 2.45) is 22.5 Å². The largest absolute Gasteiger partial charge is 0.326 e. The van der Waals surface area contributed by atoms with E-state index in [1.54, 1.807) is 0 Å². The third-order valence-corrected chi connectivity index (χ3v) is 6.76. The SMILES string of the molecule is CC1(C)[C@@H]2CC[C@@]1(C)[C@H](NC[C@@H](N)Cc1ccccc1)C2. The van der Waals surface area contributed by atoms with Gasteiger partial charge in [0.15, 0.2) is 0 Å². The quantitative estimate of drug-likeness (QED) is 0.871. The number of hydrogen-bond donors (Lipinski definition) is 2. The first-order chi connectivity index (χ1) is 9.93. The summed E-state index contributed by atoms with van der Waals surface area (Å²) in [6.07, 6.45) is 5.08. The first-order valence-corrected chi connectivity index (χ1v) is 8.46. The highest BCUT2D eigenvalue weighted by molar-refractivity contribution is 5.16. The van der Waals surface area contributed by atoms with Crippen LogP contribution in [0.15, 0.2) is 30.3 Å². The molecule has 4 atom stereocenters. The summed E-state index contributed by atoms with van der Waals surface area (Å²) in [4.78, 5) is 0. The van der Waals surface area contributed by atoms with Crippen molar-refractivity contribution in [2.45, 2.75) is 58.5 Å². The van der Waals surface area contributed by atoms with Crippen molar-refractivity contribution in [3.05, 3.63) is 35.9 Å². The fraction of sp³-hybridized carbons (Fsp3) is 0.684. The second-order valence-corrected chi connectivity index (χ2v) is 8.02. The molecule has 0 radical (unpaired) electrons. The van der Waals surface area contributed by atoms with Crippen LogP contribution in [0.5, 0.6) is 0 Å². The minimum absolute atomic E-state index is 0.207. The minimum atomic E-state index is 0.207. The van der Waals surface area contributed by atoms with Crippen LogP contribution < -0.4 is 11.1 Å². The Morgan fingerprint density at radius 2 is 1.95 bits per heavy atom. The number of hydrogen-bond acceptors (Lipinski definition) is 2. The molecule has 0 saturated heterocycles. The Labute approximate surface area is 129 Å². The van der Waals surface area contributed by atoms with E-state index < -0.39 is 0 Å². The van der Waals surface area contributed by atoms with Gasteiger partial charge in [-0.25, -0.2) is 0 Å².